The lowest BCUT2D eigenvalue weighted by molar-refractivity contribution is -0.140. The lowest BCUT2D eigenvalue weighted by Gasteiger charge is -2.31. The quantitative estimate of drug-likeness (QED) is 0.722. The van der Waals surface area contributed by atoms with Crippen LogP contribution in [0.15, 0.2) is 41.3 Å². The number of hydrogen-bond donors (Lipinski definition) is 1. The van der Waals surface area contributed by atoms with Crippen molar-refractivity contribution in [2.45, 2.75) is 23.9 Å². The maximum atomic E-state index is 13.6. The van der Waals surface area contributed by atoms with Crippen molar-refractivity contribution in [3.63, 3.8) is 0 Å². The van der Waals surface area contributed by atoms with Crippen molar-refractivity contribution in [3.05, 3.63) is 53.3 Å². The predicted molar refractivity (Wildman–Crippen MR) is 99.2 cm³/mol. The van der Waals surface area contributed by atoms with E-state index in [2.05, 4.69) is 4.72 Å². The van der Waals surface area contributed by atoms with Gasteiger partial charge in [-0.25, -0.2) is 21.2 Å². The molecule has 0 radical (unpaired) electrons. The van der Waals surface area contributed by atoms with Crippen LogP contribution in [0.2, 0.25) is 0 Å². The first-order valence-corrected chi connectivity index (χ1v) is 11.6. The van der Waals surface area contributed by atoms with Crippen molar-refractivity contribution in [3.8, 4) is 0 Å². The molecule has 1 aliphatic rings. The average molecular weight is 452 g/mol. The molecule has 3 rings (SSSR count). The number of nitrogens with zero attached hydrogens (tertiary/aromatic N) is 1. The summed E-state index contributed by atoms with van der Waals surface area (Å²) in [4.78, 5) is -0.708. The number of alkyl halides is 3. The molecular formula is C17H16F4N2O4S2. The number of fused-ring (bicyclic) bond motifs is 1. The fourth-order valence-corrected chi connectivity index (χ4v) is 5.30. The molecule has 1 aliphatic heterocycles. The van der Waals surface area contributed by atoms with Crippen molar-refractivity contribution in [2.75, 3.05) is 21.8 Å². The summed E-state index contributed by atoms with van der Waals surface area (Å²) in [5.74, 6) is -1.57. The van der Waals surface area contributed by atoms with E-state index in [4.69, 9.17) is 0 Å². The highest BCUT2D eigenvalue weighted by Gasteiger charge is 2.37. The van der Waals surface area contributed by atoms with E-state index in [0.29, 0.717) is 24.5 Å². The zero-order valence-corrected chi connectivity index (χ0v) is 16.6. The molecule has 0 saturated carbocycles. The van der Waals surface area contributed by atoms with Gasteiger partial charge in [-0.1, -0.05) is 6.07 Å². The molecule has 6 nitrogen and oxygen atoms in total. The molecule has 1 N–H and O–H groups in total. The van der Waals surface area contributed by atoms with Gasteiger partial charge in [0.1, 0.15) is 5.82 Å². The van der Waals surface area contributed by atoms with Gasteiger partial charge < -0.3 is 0 Å². The van der Waals surface area contributed by atoms with Gasteiger partial charge >= 0.3 is 6.18 Å². The Morgan fingerprint density at radius 2 is 1.76 bits per heavy atom. The largest absolute Gasteiger partial charge is 0.419 e. The third-order valence-corrected chi connectivity index (χ3v) is 6.73. The van der Waals surface area contributed by atoms with E-state index in [1.165, 1.54) is 18.2 Å². The summed E-state index contributed by atoms with van der Waals surface area (Å²) >= 11 is 0. The zero-order chi connectivity index (χ0) is 21.6. The van der Waals surface area contributed by atoms with Crippen LogP contribution in [0.1, 0.15) is 17.5 Å². The monoisotopic (exact) mass is 452 g/mol. The number of sulfonamides is 2. The van der Waals surface area contributed by atoms with Gasteiger partial charge in [-0.15, -0.1) is 0 Å². The van der Waals surface area contributed by atoms with Gasteiger partial charge in [-0.2, -0.15) is 13.2 Å². The molecule has 0 unspecified atom stereocenters. The number of halogens is 4. The number of nitrogens with one attached hydrogen (secondary N) is 1. The SMILES string of the molecule is CS(=O)(=O)Nc1cccc2c1CCCN2S(=O)(=O)c1ccc(F)c(C(F)(F)F)c1. The van der Waals surface area contributed by atoms with E-state index in [9.17, 15) is 34.4 Å². The molecule has 0 atom stereocenters. The van der Waals surface area contributed by atoms with Crippen LogP contribution in [0.5, 0.6) is 0 Å². The van der Waals surface area contributed by atoms with Crippen LogP contribution in [-0.2, 0) is 32.6 Å². The second-order valence-electron chi connectivity index (χ2n) is 6.50. The standard InChI is InChI=1S/C17H16F4N2O4S2/c1-28(24,25)22-15-5-2-6-16-12(15)4-3-9-23(16)29(26,27)11-7-8-14(18)13(10-11)17(19,20)21/h2,5-8,10,22H,3-4,9H2,1H3. The third kappa shape index (κ3) is 4.32. The molecule has 158 valence electrons. The summed E-state index contributed by atoms with van der Waals surface area (Å²) in [5.41, 5.74) is -0.919. The van der Waals surface area contributed by atoms with Gasteiger partial charge in [0.05, 0.1) is 28.1 Å². The first-order chi connectivity index (χ1) is 13.3. The van der Waals surface area contributed by atoms with Crippen LogP contribution in [0.25, 0.3) is 0 Å². The topological polar surface area (TPSA) is 83.6 Å². The summed E-state index contributed by atoms with van der Waals surface area (Å²) in [6, 6.07) is 5.84. The molecule has 0 aromatic heterocycles. The zero-order valence-electron chi connectivity index (χ0n) is 15.0. The van der Waals surface area contributed by atoms with Crippen molar-refractivity contribution in [2.24, 2.45) is 0 Å². The van der Waals surface area contributed by atoms with E-state index >= 15 is 0 Å². The van der Waals surface area contributed by atoms with Crippen LogP contribution in [0, 0.1) is 5.82 Å². The van der Waals surface area contributed by atoms with Crippen LogP contribution in [0.4, 0.5) is 28.9 Å². The number of rotatable bonds is 4. The number of anilines is 2. The lowest BCUT2D eigenvalue weighted by atomic mass is 10.0. The van der Waals surface area contributed by atoms with Crippen molar-refractivity contribution in [1.29, 1.82) is 0 Å². The van der Waals surface area contributed by atoms with E-state index in [-0.39, 0.29) is 24.0 Å². The summed E-state index contributed by atoms with van der Waals surface area (Å²) in [6.45, 7) is -0.0175. The smallest absolute Gasteiger partial charge is 0.283 e. The highest BCUT2D eigenvalue weighted by Crippen LogP contribution is 2.38. The highest BCUT2D eigenvalue weighted by molar-refractivity contribution is 7.93. The van der Waals surface area contributed by atoms with Gasteiger partial charge in [0.15, 0.2) is 0 Å². The van der Waals surface area contributed by atoms with Crippen LogP contribution in [0.3, 0.4) is 0 Å². The minimum absolute atomic E-state index is 0.0175. The first kappa shape index (κ1) is 21.4. The van der Waals surface area contributed by atoms with Crippen molar-refractivity contribution in [1.82, 2.24) is 0 Å². The Morgan fingerprint density at radius 1 is 1.07 bits per heavy atom. The van der Waals surface area contributed by atoms with Crippen LogP contribution >= 0.6 is 0 Å². The Bertz CT molecular complexity index is 1160. The molecule has 0 aliphatic carbocycles. The molecule has 1 heterocycles. The summed E-state index contributed by atoms with van der Waals surface area (Å²) < 4.78 is 105. The average Bonchev–Trinajstić information content (AvgIpc) is 2.59. The maximum Gasteiger partial charge on any atom is 0.419 e. The van der Waals surface area contributed by atoms with E-state index in [1.54, 1.807) is 0 Å². The van der Waals surface area contributed by atoms with E-state index < -0.39 is 42.5 Å². The lowest BCUT2D eigenvalue weighted by Crippen LogP contribution is -2.36. The molecule has 0 bridgehead atoms. The molecule has 29 heavy (non-hydrogen) atoms. The second kappa shape index (κ2) is 7.17. The third-order valence-electron chi connectivity index (χ3n) is 4.33. The fourth-order valence-electron chi connectivity index (χ4n) is 3.15. The Balaban J connectivity index is 2.11. The van der Waals surface area contributed by atoms with Crippen LogP contribution in [-0.4, -0.2) is 29.6 Å². The number of benzene rings is 2. The Morgan fingerprint density at radius 3 is 2.38 bits per heavy atom. The van der Waals surface area contributed by atoms with Gasteiger partial charge in [0.25, 0.3) is 10.0 Å². The Labute approximate surface area is 165 Å². The molecule has 2 aromatic carbocycles. The van der Waals surface area contributed by atoms with E-state index in [0.717, 1.165) is 16.6 Å². The van der Waals surface area contributed by atoms with Gasteiger partial charge in [-0.3, -0.25) is 9.03 Å². The predicted octanol–water partition coefficient (Wildman–Crippen LogP) is 3.36. The van der Waals surface area contributed by atoms with E-state index in [1.807, 2.05) is 0 Å². The normalized spacial score (nSPS) is 15.1. The maximum absolute atomic E-state index is 13.6. The summed E-state index contributed by atoms with van der Waals surface area (Å²) in [7, 11) is -8.07. The minimum atomic E-state index is -5.05. The Hall–Kier alpha value is -2.34. The van der Waals surface area contributed by atoms with Gasteiger partial charge in [0.2, 0.25) is 10.0 Å². The Kier molecular flexibility index (Phi) is 5.28. The van der Waals surface area contributed by atoms with Crippen LogP contribution < -0.4 is 9.03 Å². The molecule has 0 fully saturated rings. The fraction of sp³-hybridized carbons (Fsp3) is 0.294. The summed E-state index contributed by atoms with van der Waals surface area (Å²) in [6.07, 6.45) is -3.41. The van der Waals surface area contributed by atoms with Gasteiger partial charge in [-0.05, 0) is 43.2 Å². The molecule has 12 heteroatoms. The molecule has 2 aromatic rings. The molecule has 0 amide bonds. The van der Waals surface area contributed by atoms with Crippen molar-refractivity contribution < 1.29 is 34.4 Å². The van der Waals surface area contributed by atoms with Crippen molar-refractivity contribution >= 4 is 31.4 Å². The second-order valence-corrected chi connectivity index (χ2v) is 10.1. The first-order valence-electron chi connectivity index (χ1n) is 8.30. The van der Waals surface area contributed by atoms with Gasteiger partial charge in [0, 0.05) is 12.1 Å². The highest BCUT2D eigenvalue weighted by atomic mass is 32.2. The molecule has 0 spiro atoms. The molecular weight excluding hydrogens is 436 g/mol. The summed E-state index contributed by atoms with van der Waals surface area (Å²) in [5, 5.41) is 0. The number of hydrogen-bond acceptors (Lipinski definition) is 4. The minimum Gasteiger partial charge on any atom is -0.283 e. The molecule has 0 saturated heterocycles.